The van der Waals surface area contributed by atoms with Crippen LogP contribution < -0.4 is 0 Å². The number of rotatable bonds is 1. The van der Waals surface area contributed by atoms with Crippen molar-refractivity contribution in [3.63, 3.8) is 0 Å². The third-order valence-electron chi connectivity index (χ3n) is 2.10. The molecule has 0 N–H and O–H groups in total. The van der Waals surface area contributed by atoms with Gasteiger partial charge in [0.25, 0.3) is 0 Å². The van der Waals surface area contributed by atoms with Crippen LogP contribution in [0.5, 0.6) is 0 Å². The first kappa shape index (κ1) is 10.4. The van der Waals surface area contributed by atoms with Gasteiger partial charge in [0.05, 0.1) is 4.47 Å². The van der Waals surface area contributed by atoms with Gasteiger partial charge in [-0.2, -0.15) is 0 Å². The van der Waals surface area contributed by atoms with Crippen molar-refractivity contribution >= 4 is 15.9 Å². The molecule has 0 spiro atoms. The van der Waals surface area contributed by atoms with E-state index in [9.17, 15) is 4.39 Å². The summed E-state index contributed by atoms with van der Waals surface area (Å²) in [6.07, 6.45) is 0. The lowest BCUT2D eigenvalue weighted by Crippen LogP contribution is -1.83. The summed E-state index contributed by atoms with van der Waals surface area (Å²) in [5, 5.41) is 0. The normalized spacial score (nSPS) is 10.7. The average molecular weight is 270 g/mol. The fourth-order valence-electron chi connectivity index (χ4n) is 1.44. The second kappa shape index (κ2) is 3.77. The van der Waals surface area contributed by atoms with Crippen LogP contribution in [0.1, 0.15) is 11.7 Å². The summed E-state index contributed by atoms with van der Waals surface area (Å²) in [5.41, 5.74) is 1.60. The van der Waals surface area contributed by atoms with Gasteiger partial charge in [0.2, 0.25) is 0 Å². The minimum Gasteiger partial charge on any atom is -0.446 e. The number of hydrogen-bond donors (Lipinski definition) is 0. The van der Waals surface area contributed by atoms with Gasteiger partial charge >= 0.3 is 0 Å². The van der Waals surface area contributed by atoms with Crippen LogP contribution in [0, 0.1) is 19.7 Å². The lowest BCUT2D eigenvalue weighted by Gasteiger charge is -1.99. The summed E-state index contributed by atoms with van der Waals surface area (Å²) in [7, 11) is 0. The van der Waals surface area contributed by atoms with Gasteiger partial charge in [-0.05, 0) is 41.1 Å². The maximum atomic E-state index is 13.0. The molecular weight excluding hydrogens is 261 g/mol. The molecule has 0 fully saturated rings. The molecule has 1 heterocycles. The molecule has 1 aromatic heterocycles. The van der Waals surface area contributed by atoms with Gasteiger partial charge in [-0.15, -0.1) is 0 Å². The molecule has 0 saturated carbocycles. The van der Waals surface area contributed by atoms with E-state index in [-0.39, 0.29) is 5.82 Å². The highest BCUT2D eigenvalue weighted by Crippen LogP contribution is 2.27. The Kier molecular flexibility index (Phi) is 2.61. The third-order valence-corrected chi connectivity index (χ3v) is 2.70. The lowest BCUT2D eigenvalue weighted by atomic mass is 10.1. The third kappa shape index (κ3) is 1.95. The number of halogens is 2. The highest BCUT2D eigenvalue weighted by molar-refractivity contribution is 9.10. The van der Waals surface area contributed by atoms with Crippen LogP contribution in [-0.4, -0.2) is 4.98 Å². The Balaban J connectivity index is 2.54. The van der Waals surface area contributed by atoms with Crippen molar-refractivity contribution in [3.05, 3.63) is 40.1 Å². The first-order valence-electron chi connectivity index (χ1n) is 4.47. The second-order valence-electron chi connectivity index (χ2n) is 3.27. The smallest absolute Gasteiger partial charge is 0.191 e. The van der Waals surface area contributed by atoms with Gasteiger partial charge < -0.3 is 4.42 Å². The highest BCUT2D eigenvalue weighted by Gasteiger charge is 2.10. The van der Waals surface area contributed by atoms with E-state index >= 15 is 0 Å². The number of aryl methyl sites for hydroxylation is 2. The fourth-order valence-corrected chi connectivity index (χ4v) is 1.82. The van der Waals surface area contributed by atoms with E-state index in [1.54, 1.807) is 19.1 Å². The minimum absolute atomic E-state index is 0.281. The standard InChI is InChI=1S/C11H9BrFNO/c1-6-11(14-7(2)15-6)8-3-4-10(13)9(12)5-8/h3-5H,1-2H3. The molecule has 78 valence electrons. The van der Waals surface area contributed by atoms with Crippen molar-refractivity contribution in [2.45, 2.75) is 13.8 Å². The monoisotopic (exact) mass is 269 g/mol. The summed E-state index contributed by atoms with van der Waals surface area (Å²) in [6, 6.07) is 4.78. The zero-order valence-electron chi connectivity index (χ0n) is 8.34. The van der Waals surface area contributed by atoms with E-state index in [4.69, 9.17) is 4.42 Å². The molecule has 2 rings (SSSR count). The van der Waals surface area contributed by atoms with E-state index in [1.165, 1.54) is 6.07 Å². The van der Waals surface area contributed by atoms with Gasteiger partial charge in [-0.1, -0.05) is 0 Å². The number of aromatic nitrogens is 1. The quantitative estimate of drug-likeness (QED) is 0.786. The Hall–Kier alpha value is -1.16. The molecule has 0 aliphatic heterocycles. The van der Waals surface area contributed by atoms with Crippen LogP contribution in [0.3, 0.4) is 0 Å². The number of oxazole rings is 1. The van der Waals surface area contributed by atoms with Crippen LogP contribution in [0.15, 0.2) is 27.1 Å². The predicted octanol–water partition coefficient (Wildman–Crippen LogP) is 3.86. The molecule has 0 aliphatic carbocycles. The van der Waals surface area contributed by atoms with E-state index < -0.39 is 0 Å². The molecule has 0 atom stereocenters. The molecule has 0 unspecified atom stereocenters. The molecule has 0 amide bonds. The maximum Gasteiger partial charge on any atom is 0.191 e. The van der Waals surface area contributed by atoms with Gasteiger partial charge in [0.15, 0.2) is 5.89 Å². The van der Waals surface area contributed by atoms with Gasteiger partial charge in [0.1, 0.15) is 17.3 Å². The Morgan fingerprint density at radius 2 is 2.07 bits per heavy atom. The first-order valence-corrected chi connectivity index (χ1v) is 5.26. The Morgan fingerprint density at radius 3 is 2.60 bits per heavy atom. The first-order chi connectivity index (χ1) is 7.08. The summed E-state index contributed by atoms with van der Waals surface area (Å²) in [5.74, 6) is 1.07. The van der Waals surface area contributed by atoms with Crippen molar-refractivity contribution in [1.29, 1.82) is 0 Å². The van der Waals surface area contributed by atoms with Crippen molar-refractivity contribution in [2.75, 3.05) is 0 Å². The van der Waals surface area contributed by atoms with Crippen molar-refractivity contribution in [2.24, 2.45) is 0 Å². The van der Waals surface area contributed by atoms with Crippen LogP contribution in [-0.2, 0) is 0 Å². The molecular formula is C11H9BrFNO. The molecule has 15 heavy (non-hydrogen) atoms. The van der Waals surface area contributed by atoms with Crippen LogP contribution in [0.25, 0.3) is 11.3 Å². The summed E-state index contributed by atoms with van der Waals surface area (Å²) >= 11 is 3.14. The van der Waals surface area contributed by atoms with E-state index in [1.807, 2.05) is 6.92 Å². The van der Waals surface area contributed by atoms with Crippen molar-refractivity contribution in [3.8, 4) is 11.3 Å². The average Bonchev–Trinajstić information content (AvgIpc) is 2.50. The molecule has 0 aliphatic rings. The molecule has 4 heteroatoms. The zero-order chi connectivity index (χ0) is 11.0. The number of benzene rings is 1. The summed E-state index contributed by atoms with van der Waals surface area (Å²) < 4.78 is 18.8. The van der Waals surface area contributed by atoms with Crippen LogP contribution in [0.4, 0.5) is 4.39 Å². The molecule has 0 radical (unpaired) electrons. The minimum atomic E-state index is -0.281. The zero-order valence-corrected chi connectivity index (χ0v) is 9.93. The number of hydrogen-bond acceptors (Lipinski definition) is 2. The maximum absolute atomic E-state index is 13.0. The van der Waals surface area contributed by atoms with E-state index in [2.05, 4.69) is 20.9 Å². The summed E-state index contributed by atoms with van der Waals surface area (Å²) in [6.45, 7) is 3.63. The topological polar surface area (TPSA) is 26.0 Å². The Bertz CT molecular complexity index is 507. The van der Waals surface area contributed by atoms with Crippen molar-refractivity contribution in [1.82, 2.24) is 4.98 Å². The van der Waals surface area contributed by atoms with Crippen molar-refractivity contribution < 1.29 is 8.81 Å². The summed E-state index contributed by atoms with van der Waals surface area (Å²) in [4.78, 5) is 4.24. The molecule has 2 nitrogen and oxygen atoms in total. The molecule has 1 aromatic carbocycles. The Labute approximate surface area is 95.3 Å². The largest absolute Gasteiger partial charge is 0.446 e. The van der Waals surface area contributed by atoms with Gasteiger partial charge in [0, 0.05) is 12.5 Å². The Morgan fingerprint density at radius 1 is 1.33 bits per heavy atom. The van der Waals surface area contributed by atoms with Gasteiger partial charge in [-0.25, -0.2) is 9.37 Å². The molecule has 0 bridgehead atoms. The second-order valence-corrected chi connectivity index (χ2v) is 4.12. The van der Waals surface area contributed by atoms with E-state index in [0.29, 0.717) is 10.4 Å². The SMILES string of the molecule is Cc1nc(-c2ccc(F)c(Br)c2)c(C)o1. The predicted molar refractivity (Wildman–Crippen MR) is 59.1 cm³/mol. The van der Waals surface area contributed by atoms with Crippen LogP contribution >= 0.6 is 15.9 Å². The number of nitrogens with zero attached hydrogens (tertiary/aromatic N) is 1. The highest BCUT2D eigenvalue weighted by atomic mass is 79.9. The van der Waals surface area contributed by atoms with E-state index in [0.717, 1.165) is 17.0 Å². The molecule has 0 saturated heterocycles. The lowest BCUT2D eigenvalue weighted by molar-refractivity contribution is 0.495. The fraction of sp³-hybridized carbons (Fsp3) is 0.182. The molecule has 2 aromatic rings. The van der Waals surface area contributed by atoms with Crippen LogP contribution in [0.2, 0.25) is 0 Å². The van der Waals surface area contributed by atoms with Gasteiger partial charge in [-0.3, -0.25) is 0 Å².